The molecule has 2 aromatic heterocycles. The molecule has 5 heteroatoms. The van der Waals surface area contributed by atoms with Crippen LogP contribution in [0.1, 0.15) is 5.69 Å². The van der Waals surface area contributed by atoms with E-state index in [4.69, 9.17) is 0 Å². The Bertz CT molecular complexity index is 1250. The molecule has 27 heavy (non-hydrogen) atoms. The number of para-hydroxylation sites is 2. The molecule has 0 saturated carbocycles. The van der Waals surface area contributed by atoms with Crippen LogP contribution < -0.4 is 10.3 Å². The number of carbonyl (C=O) groups excluding carboxylic acids is 1. The molecule has 0 aliphatic carbocycles. The Labute approximate surface area is 155 Å². The molecular weight excluding hydrogens is 338 g/mol. The van der Waals surface area contributed by atoms with Gasteiger partial charge in [-0.05, 0) is 36.4 Å². The lowest BCUT2D eigenvalue weighted by Crippen LogP contribution is -2.39. The number of hydrogen-bond acceptors (Lipinski definition) is 3. The lowest BCUT2D eigenvalue weighted by atomic mass is 10.1. The number of hydrogen-bond donors (Lipinski definition) is 0. The fourth-order valence-corrected chi connectivity index (χ4v) is 3.95. The van der Waals surface area contributed by atoms with Crippen molar-refractivity contribution in [3.63, 3.8) is 0 Å². The third-order valence-corrected chi connectivity index (χ3v) is 5.17. The molecule has 0 radical (unpaired) electrons. The fourth-order valence-electron chi connectivity index (χ4n) is 3.95. The quantitative estimate of drug-likeness (QED) is 0.519. The maximum Gasteiger partial charge on any atom is 0.233 e. The van der Waals surface area contributed by atoms with Gasteiger partial charge in [0.25, 0.3) is 0 Å². The number of fused-ring (bicyclic) bond motifs is 2. The van der Waals surface area contributed by atoms with Gasteiger partial charge in [0.2, 0.25) is 5.91 Å². The lowest BCUT2D eigenvalue weighted by molar-refractivity contribution is -0.118. The van der Waals surface area contributed by atoms with Crippen molar-refractivity contribution in [2.75, 3.05) is 11.4 Å². The zero-order valence-corrected chi connectivity index (χ0v) is 14.6. The van der Waals surface area contributed by atoms with Gasteiger partial charge in [0, 0.05) is 35.8 Å². The van der Waals surface area contributed by atoms with Crippen LogP contribution in [-0.2, 0) is 17.8 Å². The Kier molecular flexibility index (Phi) is 3.53. The van der Waals surface area contributed by atoms with Crippen molar-refractivity contribution >= 4 is 33.4 Å². The molecular formula is C22H17N3O2. The standard InChI is InChI=1S/C22H17N3O2/c26-20(14-15-6-3-4-11-23-15)24-12-13-25-18-9-2-1-7-16(18)22(27)17-8-5-10-19(24)21(17)25/h1-11H,12-14H2. The van der Waals surface area contributed by atoms with E-state index in [1.807, 2.05) is 60.7 Å². The first-order valence-electron chi connectivity index (χ1n) is 8.98. The number of rotatable bonds is 2. The topological polar surface area (TPSA) is 55.2 Å². The van der Waals surface area contributed by atoms with Crippen molar-refractivity contribution in [3.05, 3.63) is 82.8 Å². The Balaban J connectivity index is 1.69. The summed E-state index contributed by atoms with van der Waals surface area (Å²) in [5.74, 6) is -0.00643. The molecule has 5 nitrogen and oxygen atoms in total. The molecule has 1 aliphatic rings. The maximum atomic E-state index is 13.0. The van der Waals surface area contributed by atoms with Gasteiger partial charge in [-0.2, -0.15) is 0 Å². The van der Waals surface area contributed by atoms with Crippen LogP contribution in [0.2, 0.25) is 0 Å². The minimum absolute atomic E-state index is 0.00643. The molecule has 0 saturated heterocycles. The second-order valence-corrected chi connectivity index (χ2v) is 6.71. The smallest absolute Gasteiger partial charge is 0.233 e. The Morgan fingerprint density at radius 2 is 1.74 bits per heavy atom. The van der Waals surface area contributed by atoms with Gasteiger partial charge in [-0.1, -0.05) is 24.3 Å². The molecule has 0 bridgehead atoms. The first-order valence-corrected chi connectivity index (χ1v) is 8.98. The third-order valence-electron chi connectivity index (χ3n) is 5.17. The molecule has 1 aliphatic heterocycles. The van der Waals surface area contributed by atoms with Crippen LogP contribution in [0.15, 0.2) is 71.7 Å². The first kappa shape index (κ1) is 15.8. The maximum absolute atomic E-state index is 13.0. The molecule has 0 unspecified atom stereocenters. The van der Waals surface area contributed by atoms with Crippen molar-refractivity contribution in [1.29, 1.82) is 0 Å². The highest BCUT2D eigenvalue weighted by atomic mass is 16.2. The monoisotopic (exact) mass is 355 g/mol. The minimum Gasteiger partial charge on any atom is -0.337 e. The zero-order valence-electron chi connectivity index (χ0n) is 14.6. The molecule has 3 heterocycles. The number of nitrogens with zero attached hydrogens (tertiary/aromatic N) is 3. The van der Waals surface area contributed by atoms with Crippen molar-refractivity contribution in [2.45, 2.75) is 13.0 Å². The predicted molar refractivity (Wildman–Crippen MR) is 106 cm³/mol. The lowest BCUT2D eigenvalue weighted by Gasteiger charge is -2.31. The highest BCUT2D eigenvalue weighted by Crippen LogP contribution is 2.32. The van der Waals surface area contributed by atoms with Gasteiger partial charge in [-0.3, -0.25) is 14.6 Å². The highest BCUT2D eigenvalue weighted by molar-refractivity contribution is 6.06. The summed E-state index contributed by atoms with van der Waals surface area (Å²) >= 11 is 0. The van der Waals surface area contributed by atoms with Gasteiger partial charge in [0.05, 0.1) is 23.1 Å². The van der Waals surface area contributed by atoms with E-state index in [2.05, 4.69) is 9.55 Å². The van der Waals surface area contributed by atoms with Gasteiger partial charge < -0.3 is 9.47 Å². The second kappa shape index (κ2) is 6.06. The van der Waals surface area contributed by atoms with Crippen LogP contribution in [0.3, 0.4) is 0 Å². The summed E-state index contributed by atoms with van der Waals surface area (Å²) in [7, 11) is 0. The molecule has 132 valence electrons. The second-order valence-electron chi connectivity index (χ2n) is 6.71. The molecule has 0 fully saturated rings. The number of amides is 1. The average molecular weight is 355 g/mol. The molecule has 0 spiro atoms. The molecule has 5 rings (SSSR count). The number of benzene rings is 2. The van der Waals surface area contributed by atoms with Gasteiger partial charge in [0.15, 0.2) is 5.43 Å². The van der Waals surface area contributed by atoms with Crippen LogP contribution in [0.5, 0.6) is 0 Å². The van der Waals surface area contributed by atoms with Crippen molar-refractivity contribution in [2.24, 2.45) is 0 Å². The summed E-state index contributed by atoms with van der Waals surface area (Å²) in [5, 5.41) is 1.37. The van der Waals surface area contributed by atoms with E-state index in [0.29, 0.717) is 18.5 Å². The minimum atomic E-state index is -0.00643. The van der Waals surface area contributed by atoms with E-state index in [9.17, 15) is 9.59 Å². The van der Waals surface area contributed by atoms with Crippen LogP contribution in [0.4, 0.5) is 5.69 Å². The summed E-state index contributed by atoms with van der Waals surface area (Å²) in [6.07, 6.45) is 1.94. The van der Waals surface area contributed by atoms with Crippen LogP contribution in [0, 0.1) is 0 Å². The molecule has 1 amide bonds. The van der Waals surface area contributed by atoms with Gasteiger partial charge in [-0.15, -0.1) is 0 Å². The summed E-state index contributed by atoms with van der Waals surface area (Å²) in [5.41, 5.74) is 3.30. The van der Waals surface area contributed by atoms with Gasteiger partial charge in [-0.25, -0.2) is 0 Å². The predicted octanol–water partition coefficient (Wildman–Crippen LogP) is 3.14. The number of carbonyl (C=O) groups is 1. The van der Waals surface area contributed by atoms with Gasteiger partial charge >= 0.3 is 0 Å². The SMILES string of the molecule is O=C(Cc1ccccn1)N1CCn2c3ccccc3c(=O)c3cccc1c32. The van der Waals surface area contributed by atoms with Crippen LogP contribution >= 0.6 is 0 Å². The van der Waals surface area contributed by atoms with Crippen molar-refractivity contribution in [3.8, 4) is 0 Å². The summed E-state index contributed by atoms with van der Waals surface area (Å²) in [6.45, 7) is 1.23. The largest absolute Gasteiger partial charge is 0.337 e. The molecule has 0 atom stereocenters. The highest BCUT2D eigenvalue weighted by Gasteiger charge is 2.25. The third kappa shape index (κ3) is 2.43. The Hall–Kier alpha value is -3.47. The van der Waals surface area contributed by atoms with Gasteiger partial charge in [0.1, 0.15) is 0 Å². The molecule has 0 N–H and O–H groups in total. The number of aromatic nitrogens is 2. The van der Waals surface area contributed by atoms with E-state index < -0.39 is 0 Å². The average Bonchev–Trinajstić information content (AvgIpc) is 2.72. The summed E-state index contributed by atoms with van der Waals surface area (Å²) in [6, 6.07) is 18.9. The Morgan fingerprint density at radius 1 is 0.926 bits per heavy atom. The normalized spacial score (nSPS) is 13.3. The number of anilines is 1. The zero-order chi connectivity index (χ0) is 18.4. The summed E-state index contributed by atoms with van der Waals surface area (Å²) in [4.78, 5) is 32.0. The first-order chi connectivity index (χ1) is 13.2. The van der Waals surface area contributed by atoms with E-state index in [1.54, 1.807) is 11.1 Å². The van der Waals surface area contributed by atoms with E-state index in [0.717, 1.165) is 27.8 Å². The Morgan fingerprint density at radius 3 is 2.59 bits per heavy atom. The molecule has 2 aromatic carbocycles. The van der Waals surface area contributed by atoms with Crippen LogP contribution in [-0.4, -0.2) is 22.0 Å². The van der Waals surface area contributed by atoms with E-state index in [-0.39, 0.29) is 17.8 Å². The van der Waals surface area contributed by atoms with E-state index >= 15 is 0 Å². The fraction of sp³-hybridized carbons (Fsp3) is 0.136. The molecule has 4 aromatic rings. The van der Waals surface area contributed by atoms with Crippen molar-refractivity contribution in [1.82, 2.24) is 9.55 Å². The van der Waals surface area contributed by atoms with Crippen molar-refractivity contribution < 1.29 is 4.79 Å². The van der Waals surface area contributed by atoms with Crippen LogP contribution in [0.25, 0.3) is 21.8 Å². The number of pyridine rings is 2. The van der Waals surface area contributed by atoms with E-state index in [1.165, 1.54) is 0 Å². The summed E-state index contributed by atoms with van der Waals surface area (Å²) < 4.78 is 2.16.